The highest BCUT2D eigenvalue weighted by atomic mass is 16.3. The van der Waals surface area contributed by atoms with E-state index < -0.39 is 0 Å². The molecule has 0 saturated heterocycles. The third kappa shape index (κ3) is 4.25. The van der Waals surface area contributed by atoms with Crippen molar-refractivity contribution >= 4 is 43.7 Å². The number of para-hydroxylation sites is 2. The van der Waals surface area contributed by atoms with E-state index >= 15 is 0 Å². The van der Waals surface area contributed by atoms with E-state index in [1.807, 2.05) is 72.9 Å². The number of hydrogen-bond acceptors (Lipinski definition) is 5. The molecular weight excluding hydrogens is 552 g/mol. The van der Waals surface area contributed by atoms with Crippen molar-refractivity contribution in [2.75, 3.05) is 0 Å². The maximum atomic E-state index is 6.38. The number of nitrogens with zero attached hydrogens (tertiary/aromatic N) is 4. The molecule has 0 atom stereocenters. The number of rotatable bonds is 4. The monoisotopic (exact) mass is 576 g/mol. The second kappa shape index (κ2) is 10.2. The van der Waals surface area contributed by atoms with Crippen LogP contribution in [0, 0.1) is 0 Å². The lowest BCUT2D eigenvalue weighted by Crippen LogP contribution is -1.94. The molecule has 0 radical (unpaired) electrons. The molecule has 4 aromatic heterocycles. The van der Waals surface area contributed by atoms with Gasteiger partial charge in [-0.05, 0) is 52.9 Å². The van der Waals surface area contributed by atoms with Gasteiger partial charge in [-0.25, -0.2) is 15.0 Å². The molecule has 0 unspecified atom stereocenters. The van der Waals surface area contributed by atoms with E-state index in [-0.39, 0.29) is 0 Å². The summed E-state index contributed by atoms with van der Waals surface area (Å²) >= 11 is 0. The molecular formula is C40H24N4O. The van der Waals surface area contributed by atoms with Crippen molar-refractivity contribution in [2.45, 2.75) is 0 Å². The van der Waals surface area contributed by atoms with Gasteiger partial charge in [-0.2, -0.15) is 0 Å². The van der Waals surface area contributed by atoms with Crippen LogP contribution in [0.2, 0.25) is 0 Å². The van der Waals surface area contributed by atoms with Crippen molar-refractivity contribution in [1.82, 2.24) is 19.9 Å². The first kappa shape index (κ1) is 25.3. The van der Waals surface area contributed by atoms with Crippen LogP contribution in [0.15, 0.2) is 150 Å². The van der Waals surface area contributed by atoms with E-state index in [4.69, 9.17) is 24.4 Å². The van der Waals surface area contributed by atoms with Crippen LogP contribution in [0.5, 0.6) is 0 Å². The van der Waals surface area contributed by atoms with Gasteiger partial charge in [-0.15, -0.1) is 0 Å². The normalized spacial score (nSPS) is 11.6. The molecule has 45 heavy (non-hydrogen) atoms. The number of pyridine rings is 2. The fourth-order valence-electron chi connectivity index (χ4n) is 6.19. The third-order valence-electron chi connectivity index (χ3n) is 8.33. The molecule has 210 valence electrons. The molecule has 5 aromatic carbocycles. The Bertz CT molecular complexity index is 2550. The van der Waals surface area contributed by atoms with E-state index in [0.717, 1.165) is 72.1 Å². The van der Waals surface area contributed by atoms with Crippen LogP contribution < -0.4 is 0 Å². The highest BCUT2D eigenvalue weighted by Gasteiger charge is 2.19. The van der Waals surface area contributed by atoms with Gasteiger partial charge in [-0.3, -0.25) is 4.98 Å². The molecule has 0 N–H and O–H groups in total. The molecule has 0 amide bonds. The smallest absolute Gasteiger partial charge is 0.180 e. The maximum Gasteiger partial charge on any atom is 0.180 e. The minimum atomic E-state index is 0.663. The van der Waals surface area contributed by atoms with Gasteiger partial charge in [0.1, 0.15) is 16.8 Å². The number of fused-ring (bicyclic) bond motifs is 6. The van der Waals surface area contributed by atoms with Crippen LogP contribution in [-0.4, -0.2) is 19.9 Å². The molecule has 9 rings (SSSR count). The number of furan rings is 1. The van der Waals surface area contributed by atoms with Gasteiger partial charge >= 0.3 is 0 Å². The minimum absolute atomic E-state index is 0.663. The molecule has 0 fully saturated rings. The Morgan fingerprint density at radius 2 is 1.13 bits per heavy atom. The summed E-state index contributed by atoms with van der Waals surface area (Å²) in [5, 5.41) is 4.35. The summed E-state index contributed by atoms with van der Waals surface area (Å²) in [6, 6.07) is 47.3. The Kier molecular flexibility index (Phi) is 5.74. The van der Waals surface area contributed by atoms with Crippen molar-refractivity contribution in [3.63, 3.8) is 0 Å². The fourth-order valence-corrected chi connectivity index (χ4v) is 6.19. The molecule has 0 aliphatic rings. The maximum absolute atomic E-state index is 6.38. The van der Waals surface area contributed by atoms with Crippen LogP contribution in [0.4, 0.5) is 0 Å². The second-order valence-electron chi connectivity index (χ2n) is 11.1. The van der Waals surface area contributed by atoms with Gasteiger partial charge in [0.15, 0.2) is 11.4 Å². The summed E-state index contributed by atoms with van der Waals surface area (Å²) in [4.78, 5) is 19.9. The van der Waals surface area contributed by atoms with Gasteiger partial charge in [0.2, 0.25) is 0 Å². The van der Waals surface area contributed by atoms with Gasteiger partial charge in [0.25, 0.3) is 0 Å². The van der Waals surface area contributed by atoms with Crippen LogP contribution in [-0.2, 0) is 0 Å². The van der Waals surface area contributed by atoms with Crippen molar-refractivity contribution in [3.8, 4) is 45.2 Å². The van der Waals surface area contributed by atoms with Crippen LogP contribution in [0.3, 0.4) is 0 Å². The Morgan fingerprint density at radius 1 is 0.444 bits per heavy atom. The van der Waals surface area contributed by atoms with Crippen LogP contribution >= 0.6 is 0 Å². The average Bonchev–Trinajstić information content (AvgIpc) is 3.50. The number of benzene rings is 5. The van der Waals surface area contributed by atoms with E-state index in [1.54, 1.807) is 0 Å². The molecule has 0 aliphatic carbocycles. The van der Waals surface area contributed by atoms with Crippen LogP contribution in [0.25, 0.3) is 88.9 Å². The third-order valence-corrected chi connectivity index (χ3v) is 8.33. The summed E-state index contributed by atoms with van der Waals surface area (Å²) in [6.07, 6.45) is 1.86. The SMILES string of the molecule is c1ccc(-c2nc(-c3cccc(-c4ccnc(-c5nc6ccccc6c6ccccc56)c4)c3)c3oc4ccccc4c3n2)cc1. The predicted molar refractivity (Wildman–Crippen MR) is 182 cm³/mol. The Morgan fingerprint density at radius 3 is 2.02 bits per heavy atom. The molecule has 0 saturated carbocycles. The van der Waals surface area contributed by atoms with Crippen molar-refractivity contribution in [1.29, 1.82) is 0 Å². The van der Waals surface area contributed by atoms with Crippen LogP contribution in [0.1, 0.15) is 0 Å². The topological polar surface area (TPSA) is 64.7 Å². The lowest BCUT2D eigenvalue weighted by molar-refractivity contribution is 0.667. The van der Waals surface area contributed by atoms with E-state index in [0.29, 0.717) is 11.4 Å². The minimum Gasteiger partial charge on any atom is -0.452 e. The summed E-state index contributed by atoms with van der Waals surface area (Å²) in [5.74, 6) is 0.663. The van der Waals surface area contributed by atoms with E-state index in [9.17, 15) is 0 Å². The highest BCUT2D eigenvalue weighted by Crippen LogP contribution is 2.37. The van der Waals surface area contributed by atoms with Gasteiger partial charge in [0, 0.05) is 33.5 Å². The van der Waals surface area contributed by atoms with E-state index in [1.165, 1.54) is 5.39 Å². The van der Waals surface area contributed by atoms with Crippen molar-refractivity contribution < 1.29 is 4.42 Å². The lowest BCUT2D eigenvalue weighted by Gasteiger charge is -2.11. The fraction of sp³-hybridized carbons (Fsp3) is 0. The quantitative estimate of drug-likeness (QED) is 0.195. The molecule has 9 aromatic rings. The van der Waals surface area contributed by atoms with Crippen molar-refractivity contribution in [3.05, 3.63) is 146 Å². The summed E-state index contributed by atoms with van der Waals surface area (Å²) < 4.78 is 6.38. The first-order valence-corrected chi connectivity index (χ1v) is 14.9. The lowest BCUT2D eigenvalue weighted by atomic mass is 9.99. The first-order valence-electron chi connectivity index (χ1n) is 14.9. The number of hydrogen-bond donors (Lipinski definition) is 0. The summed E-state index contributed by atoms with van der Waals surface area (Å²) in [7, 11) is 0. The molecule has 0 spiro atoms. The zero-order valence-electron chi connectivity index (χ0n) is 24.1. The van der Waals surface area contributed by atoms with Gasteiger partial charge < -0.3 is 4.42 Å². The molecule has 0 bridgehead atoms. The largest absolute Gasteiger partial charge is 0.452 e. The summed E-state index contributed by atoms with van der Waals surface area (Å²) in [5.41, 5.74) is 9.67. The predicted octanol–water partition coefficient (Wildman–Crippen LogP) is 10.1. The zero-order valence-corrected chi connectivity index (χ0v) is 24.1. The summed E-state index contributed by atoms with van der Waals surface area (Å²) in [6.45, 7) is 0. The van der Waals surface area contributed by atoms with E-state index in [2.05, 4.69) is 72.8 Å². The Hall–Kier alpha value is -6.20. The Balaban J connectivity index is 1.21. The molecule has 5 nitrogen and oxygen atoms in total. The molecule has 0 aliphatic heterocycles. The molecule has 5 heteroatoms. The first-order chi connectivity index (χ1) is 22.3. The second-order valence-corrected chi connectivity index (χ2v) is 11.1. The Labute approximate surface area is 258 Å². The van der Waals surface area contributed by atoms with Crippen molar-refractivity contribution in [2.24, 2.45) is 0 Å². The highest BCUT2D eigenvalue weighted by molar-refractivity contribution is 6.11. The average molecular weight is 577 g/mol. The number of aromatic nitrogens is 4. The van der Waals surface area contributed by atoms with Gasteiger partial charge in [-0.1, -0.05) is 103 Å². The molecule has 4 heterocycles. The van der Waals surface area contributed by atoms with Gasteiger partial charge in [0.05, 0.1) is 16.9 Å². The zero-order chi connectivity index (χ0) is 29.7. The standard InChI is InChI=1S/C40H24N4O/c1-2-11-25(12-3-1)40-43-36(39-38(44-40)32-18-7-9-20-35(32)45-39)28-14-10-13-26(23-28)27-21-22-41-34(24-27)37-31-17-5-4-15-29(31)30-16-6-8-19-33(30)42-37/h1-24H.